The number of aromatic nitrogens is 4. The summed E-state index contributed by atoms with van der Waals surface area (Å²) >= 11 is 0. The largest absolute Gasteiger partial charge is 0.419 e. The van der Waals surface area contributed by atoms with Gasteiger partial charge in [-0.3, -0.25) is 0 Å². The van der Waals surface area contributed by atoms with Crippen LogP contribution < -0.4 is 5.32 Å². The summed E-state index contributed by atoms with van der Waals surface area (Å²) in [5.74, 6) is 1.11. The molecule has 4 aromatic rings. The lowest BCUT2D eigenvalue weighted by atomic mass is 10.1. The van der Waals surface area contributed by atoms with Gasteiger partial charge in [0, 0.05) is 29.7 Å². The molecule has 2 aromatic carbocycles. The Morgan fingerprint density at radius 1 is 1.08 bits per heavy atom. The minimum Gasteiger partial charge on any atom is -0.419 e. The molecule has 2 aromatic heterocycles. The van der Waals surface area contributed by atoms with E-state index in [-0.39, 0.29) is 6.04 Å². The molecule has 0 bridgehead atoms. The van der Waals surface area contributed by atoms with Gasteiger partial charge in [0.05, 0.1) is 12.9 Å². The van der Waals surface area contributed by atoms with E-state index in [1.54, 1.807) is 12.5 Å². The van der Waals surface area contributed by atoms with Crippen molar-refractivity contribution in [3.63, 3.8) is 0 Å². The van der Waals surface area contributed by atoms with Gasteiger partial charge in [-0.25, -0.2) is 4.98 Å². The lowest BCUT2D eigenvalue weighted by Gasteiger charge is -2.14. The minimum atomic E-state index is 0.144. The van der Waals surface area contributed by atoms with Gasteiger partial charge in [0.1, 0.15) is 0 Å². The molecule has 0 aliphatic heterocycles. The van der Waals surface area contributed by atoms with E-state index in [9.17, 15) is 0 Å². The summed E-state index contributed by atoms with van der Waals surface area (Å²) in [6.07, 6.45) is 5.50. The molecular formula is C20H19N5O. The lowest BCUT2D eigenvalue weighted by Crippen LogP contribution is -2.18. The number of rotatable bonds is 6. The number of nitrogens with one attached hydrogen (secondary N) is 1. The van der Waals surface area contributed by atoms with Crippen LogP contribution >= 0.6 is 0 Å². The van der Waals surface area contributed by atoms with Crippen molar-refractivity contribution in [3.8, 4) is 17.1 Å². The van der Waals surface area contributed by atoms with Crippen LogP contribution in [0.5, 0.6) is 0 Å². The molecule has 6 heteroatoms. The van der Waals surface area contributed by atoms with Crippen molar-refractivity contribution in [3.05, 3.63) is 84.8 Å². The van der Waals surface area contributed by atoms with Gasteiger partial charge in [-0.1, -0.05) is 30.3 Å². The molecule has 26 heavy (non-hydrogen) atoms. The maximum Gasteiger partial charge on any atom is 0.247 e. The molecule has 1 N–H and O–H groups in total. The molecule has 0 aliphatic carbocycles. The number of imidazole rings is 1. The molecule has 0 fully saturated rings. The van der Waals surface area contributed by atoms with Crippen LogP contribution in [0.15, 0.2) is 77.7 Å². The highest BCUT2D eigenvalue weighted by molar-refractivity contribution is 5.51. The Bertz CT molecular complexity index is 963. The van der Waals surface area contributed by atoms with E-state index in [1.807, 2.05) is 47.2 Å². The fourth-order valence-corrected chi connectivity index (χ4v) is 2.75. The maximum absolute atomic E-state index is 5.74. The molecule has 1 atom stereocenters. The fraction of sp³-hybridized carbons (Fsp3) is 0.150. The first-order chi connectivity index (χ1) is 12.8. The summed E-state index contributed by atoms with van der Waals surface area (Å²) in [5, 5.41) is 11.7. The molecule has 2 heterocycles. The van der Waals surface area contributed by atoms with Crippen LogP contribution in [0.3, 0.4) is 0 Å². The Morgan fingerprint density at radius 3 is 2.77 bits per heavy atom. The van der Waals surface area contributed by atoms with E-state index in [2.05, 4.69) is 45.6 Å². The molecule has 0 aliphatic rings. The highest BCUT2D eigenvalue weighted by atomic mass is 16.4. The highest BCUT2D eigenvalue weighted by Crippen LogP contribution is 2.19. The zero-order valence-electron chi connectivity index (χ0n) is 14.4. The zero-order valence-corrected chi connectivity index (χ0v) is 14.4. The van der Waals surface area contributed by atoms with Crippen molar-refractivity contribution < 1.29 is 4.42 Å². The summed E-state index contributed by atoms with van der Waals surface area (Å²) in [4.78, 5) is 4.10. The summed E-state index contributed by atoms with van der Waals surface area (Å²) in [6.45, 7) is 2.62. The molecule has 0 saturated carbocycles. The molecule has 4 rings (SSSR count). The Kier molecular flexibility index (Phi) is 4.57. The standard InChI is InChI=1S/C20H19N5O/c1-15(17-8-5-9-18(12-17)25-11-10-21-14-25)22-13-19-23-24-20(26-19)16-6-3-2-4-7-16/h2-12,14-15,22H,13H2,1H3/t15-/m1/s1. The van der Waals surface area contributed by atoms with Crippen LogP contribution in [0.2, 0.25) is 0 Å². The Labute approximate surface area is 151 Å². The van der Waals surface area contributed by atoms with Crippen molar-refractivity contribution in [2.45, 2.75) is 19.5 Å². The van der Waals surface area contributed by atoms with Crippen molar-refractivity contribution in [1.29, 1.82) is 0 Å². The van der Waals surface area contributed by atoms with Crippen LogP contribution in [-0.4, -0.2) is 19.7 Å². The first-order valence-electron chi connectivity index (χ1n) is 8.49. The van der Waals surface area contributed by atoms with E-state index in [1.165, 1.54) is 5.56 Å². The van der Waals surface area contributed by atoms with Crippen molar-refractivity contribution in [2.24, 2.45) is 0 Å². The van der Waals surface area contributed by atoms with E-state index >= 15 is 0 Å². The van der Waals surface area contributed by atoms with Gasteiger partial charge in [0.2, 0.25) is 11.8 Å². The van der Waals surface area contributed by atoms with Crippen LogP contribution in [0.25, 0.3) is 17.1 Å². The number of benzene rings is 2. The van der Waals surface area contributed by atoms with Crippen molar-refractivity contribution in [1.82, 2.24) is 25.1 Å². The van der Waals surface area contributed by atoms with Crippen LogP contribution in [0.4, 0.5) is 0 Å². The average Bonchev–Trinajstić information content (AvgIpc) is 3.39. The second kappa shape index (κ2) is 7.33. The first-order valence-corrected chi connectivity index (χ1v) is 8.49. The average molecular weight is 345 g/mol. The molecule has 6 nitrogen and oxygen atoms in total. The normalized spacial score (nSPS) is 12.2. The van der Waals surface area contributed by atoms with E-state index in [4.69, 9.17) is 4.42 Å². The zero-order chi connectivity index (χ0) is 17.8. The van der Waals surface area contributed by atoms with Gasteiger partial charge >= 0.3 is 0 Å². The van der Waals surface area contributed by atoms with Crippen molar-refractivity contribution >= 4 is 0 Å². The SMILES string of the molecule is C[C@@H](NCc1nnc(-c2ccccc2)o1)c1cccc(-n2ccnc2)c1. The predicted octanol–water partition coefficient (Wildman–Crippen LogP) is 3.77. The summed E-state index contributed by atoms with van der Waals surface area (Å²) in [5.41, 5.74) is 3.18. The van der Waals surface area contributed by atoms with Gasteiger partial charge in [-0.15, -0.1) is 10.2 Å². The van der Waals surface area contributed by atoms with Crippen LogP contribution in [0, 0.1) is 0 Å². The Morgan fingerprint density at radius 2 is 1.96 bits per heavy atom. The van der Waals surface area contributed by atoms with Crippen LogP contribution in [0.1, 0.15) is 24.4 Å². The number of nitrogens with zero attached hydrogens (tertiary/aromatic N) is 4. The van der Waals surface area contributed by atoms with E-state index in [0.717, 1.165) is 11.3 Å². The lowest BCUT2D eigenvalue weighted by molar-refractivity contribution is 0.454. The smallest absolute Gasteiger partial charge is 0.247 e. The second-order valence-corrected chi connectivity index (χ2v) is 6.03. The van der Waals surface area contributed by atoms with E-state index < -0.39 is 0 Å². The van der Waals surface area contributed by atoms with Gasteiger partial charge in [0.25, 0.3) is 0 Å². The first kappa shape index (κ1) is 16.2. The Balaban J connectivity index is 1.42. The molecule has 0 saturated heterocycles. The summed E-state index contributed by atoms with van der Waals surface area (Å²) < 4.78 is 7.73. The molecule has 0 unspecified atom stereocenters. The number of hydrogen-bond donors (Lipinski definition) is 1. The monoisotopic (exact) mass is 345 g/mol. The quantitative estimate of drug-likeness (QED) is 0.576. The van der Waals surface area contributed by atoms with Crippen LogP contribution in [-0.2, 0) is 6.54 Å². The molecule has 130 valence electrons. The van der Waals surface area contributed by atoms with Gasteiger partial charge in [-0.05, 0) is 36.8 Å². The third-order valence-electron chi connectivity index (χ3n) is 4.22. The molecule has 0 spiro atoms. The molecule has 0 amide bonds. The third-order valence-corrected chi connectivity index (χ3v) is 4.22. The van der Waals surface area contributed by atoms with E-state index in [0.29, 0.717) is 18.3 Å². The summed E-state index contributed by atoms with van der Waals surface area (Å²) in [7, 11) is 0. The number of hydrogen-bond acceptors (Lipinski definition) is 5. The van der Waals surface area contributed by atoms with Gasteiger partial charge in [-0.2, -0.15) is 0 Å². The highest BCUT2D eigenvalue weighted by Gasteiger charge is 2.11. The predicted molar refractivity (Wildman–Crippen MR) is 98.6 cm³/mol. The third kappa shape index (κ3) is 3.55. The van der Waals surface area contributed by atoms with Gasteiger partial charge < -0.3 is 14.3 Å². The topological polar surface area (TPSA) is 68.8 Å². The Hall–Kier alpha value is -3.25. The maximum atomic E-state index is 5.74. The fourth-order valence-electron chi connectivity index (χ4n) is 2.75. The second-order valence-electron chi connectivity index (χ2n) is 6.03. The minimum absolute atomic E-state index is 0.144. The molecular weight excluding hydrogens is 326 g/mol. The molecule has 0 radical (unpaired) electrons. The summed E-state index contributed by atoms with van der Waals surface area (Å²) in [6, 6.07) is 18.3. The van der Waals surface area contributed by atoms with Gasteiger partial charge in [0.15, 0.2) is 0 Å². The van der Waals surface area contributed by atoms with Crippen molar-refractivity contribution in [2.75, 3.05) is 0 Å².